The Bertz CT molecular complexity index is 2080. The second kappa shape index (κ2) is 19.6. The van der Waals surface area contributed by atoms with E-state index in [1.807, 2.05) is 12.1 Å². The molecule has 0 saturated heterocycles. The number of aromatic carboxylic acids is 1. The molecule has 1 aromatic heterocycles. The number of carbonyl (C=O) groups is 3. The van der Waals surface area contributed by atoms with Crippen molar-refractivity contribution in [2.45, 2.75) is 67.8 Å². The van der Waals surface area contributed by atoms with Crippen LogP contribution in [0.15, 0.2) is 77.7 Å². The van der Waals surface area contributed by atoms with E-state index in [1.165, 1.54) is 41.7 Å². The Hall–Kier alpha value is -3.52. The summed E-state index contributed by atoms with van der Waals surface area (Å²) in [5.41, 5.74) is 3.84. The normalized spacial score (nSPS) is 14.9. The van der Waals surface area contributed by atoms with E-state index in [-0.39, 0.29) is 45.6 Å². The molecule has 4 aromatic rings. The van der Waals surface area contributed by atoms with Gasteiger partial charge in [-0.25, -0.2) is 8.42 Å². The standard InChI is InChI=1S/C38H43N3O11S2.Na/c1-41(20-29(43)33(45)34(46)30(44)21-42)54(51,52)27-6-4-5-25(19-27)35(47)40-37-32(28-7-2-3-8-31(28)53-37)36(48)39-26-17-13-23(14-18-26)10-9-22-11-15-24(16-12-22)38(49)50;/h4-6,11-19,29-30,33-34,42-46H,2-3,7-10,20-21H2,1H3,(H,39,48)(H,40,47)(H,49,50);/q;+1/p-1/t29-,30+,33+,34+;/m0./s1. The Morgan fingerprint density at radius 3 is 2.04 bits per heavy atom. The Kier molecular flexibility index (Phi) is 15.7. The number of hydrogen-bond donors (Lipinski definition) is 7. The summed E-state index contributed by atoms with van der Waals surface area (Å²) in [6.45, 7) is -1.57. The third kappa shape index (κ3) is 10.9. The quantitative estimate of drug-likeness (QED) is 0.0634. The van der Waals surface area contributed by atoms with Crippen molar-refractivity contribution in [2.75, 3.05) is 30.8 Å². The molecule has 3 aromatic carbocycles. The zero-order chi connectivity index (χ0) is 39.2. The second-order valence-electron chi connectivity index (χ2n) is 13.1. The van der Waals surface area contributed by atoms with Gasteiger partial charge < -0.3 is 46.1 Å². The third-order valence-electron chi connectivity index (χ3n) is 9.30. The molecule has 1 aliphatic carbocycles. The number of likely N-dealkylation sites (N-methyl/N-ethyl adjacent to an activating group) is 1. The van der Waals surface area contributed by atoms with E-state index in [1.54, 1.807) is 24.3 Å². The summed E-state index contributed by atoms with van der Waals surface area (Å²) < 4.78 is 27.5. The molecular formula is C38H42N3NaO11S2. The molecule has 0 unspecified atom stereocenters. The molecule has 7 N–H and O–H groups in total. The van der Waals surface area contributed by atoms with Crippen molar-refractivity contribution in [3.8, 4) is 0 Å². The first-order chi connectivity index (χ1) is 25.7. The van der Waals surface area contributed by atoms with Crippen LogP contribution in [0.1, 0.15) is 65.5 Å². The number of nitrogens with one attached hydrogen (secondary N) is 2. The van der Waals surface area contributed by atoms with Gasteiger partial charge in [-0.15, -0.1) is 11.3 Å². The van der Waals surface area contributed by atoms with Crippen LogP contribution in [-0.2, 0) is 35.7 Å². The molecule has 288 valence electrons. The first-order valence-electron chi connectivity index (χ1n) is 17.3. The zero-order valence-corrected chi connectivity index (χ0v) is 34.0. The number of aryl methyl sites for hydroxylation is 3. The number of anilines is 2. The van der Waals surface area contributed by atoms with Gasteiger partial charge in [-0.05, 0) is 91.1 Å². The number of carbonyl (C=O) groups excluding carboxylic acids is 3. The van der Waals surface area contributed by atoms with E-state index >= 15 is 0 Å². The summed E-state index contributed by atoms with van der Waals surface area (Å²) in [6.07, 6.45) is -2.89. The number of hydrogen-bond acceptors (Lipinski definition) is 12. The number of rotatable bonds is 16. The Balaban J connectivity index is 0.00000673. The fourth-order valence-corrected chi connectivity index (χ4v) is 8.64. The van der Waals surface area contributed by atoms with E-state index in [9.17, 15) is 48.3 Å². The van der Waals surface area contributed by atoms with E-state index in [4.69, 9.17) is 5.11 Å². The topological polar surface area (TPSA) is 237 Å². The van der Waals surface area contributed by atoms with Crippen molar-refractivity contribution < 1.29 is 83.0 Å². The van der Waals surface area contributed by atoms with Crippen molar-refractivity contribution in [1.29, 1.82) is 0 Å². The molecular weight excluding hydrogens is 762 g/mol. The number of benzene rings is 3. The fourth-order valence-electron chi connectivity index (χ4n) is 6.12. The van der Waals surface area contributed by atoms with Gasteiger partial charge in [0.1, 0.15) is 23.3 Å². The molecule has 1 aliphatic rings. The van der Waals surface area contributed by atoms with Crippen molar-refractivity contribution in [1.82, 2.24) is 4.31 Å². The molecule has 1 heterocycles. The molecule has 0 spiro atoms. The van der Waals surface area contributed by atoms with Crippen molar-refractivity contribution in [3.05, 3.63) is 111 Å². The molecule has 4 atom stereocenters. The number of amides is 2. The van der Waals surface area contributed by atoms with Crippen LogP contribution in [0.3, 0.4) is 0 Å². The third-order valence-corrected chi connectivity index (χ3v) is 12.3. The minimum atomic E-state index is -4.33. The largest absolute Gasteiger partial charge is 1.00 e. The summed E-state index contributed by atoms with van der Waals surface area (Å²) in [5, 5.41) is 66.0. The number of fused-ring (bicyclic) bond motifs is 1. The smallest absolute Gasteiger partial charge is 0.545 e. The SMILES string of the molecule is CN(C[C@H](O)[C@@H](O)[C@H](O)[C@H](O)CO)S(=O)(=O)c1cccc(C(=O)Nc2sc3c(c2C(=O)Nc2ccc(CCc4ccc(C(=O)[O-])cc4)cc2)CCCC3)c1.[Na+]. The number of nitrogens with zero attached hydrogens (tertiary/aromatic N) is 1. The number of thiophene rings is 1. The molecule has 14 nitrogen and oxygen atoms in total. The van der Waals surface area contributed by atoms with Crippen molar-refractivity contribution in [2.24, 2.45) is 0 Å². The molecule has 17 heteroatoms. The predicted octanol–water partition coefficient (Wildman–Crippen LogP) is -1.66. The van der Waals surface area contributed by atoms with Gasteiger partial charge in [0.15, 0.2) is 0 Å². The van der Waals surface area contributed by atoms with Crippen molar-refractivity contribution in [3.63, 3.8) is 0 Å². The predicted molar refractivity (Wildman–Crippen MR) is 199 cm³/mol. The van der Waals surface area contributed by atoms with E-state index < -0.39 is 65.4 Å². The first kappa shape index (κ1) is 44.2. The molecule has 55 heavy (non-hydrogen) atoms. The van der Waals surface area contributed by atoms with Gasteiger partial charge in [0.25, 0.3) is 11.8 Å². The molecule has 0 bridgehead atoms. The maximum atomic E-state index is 13.8. The maximum Gasteiger partial charge on any atom is 1.00 e. The minimum Gasteiger partial charge on any atom is -0.545 e. The van der Waals surface area contributed by atoms with Gasteiger partial charge in [-0.2, -0.15) is 4.31 Å². The maximum absolute atomic E-state index is 13.8. The molecule has 0 aliphatic heterocycles. The van der Waals surface area contributed by atoms with E-state index in [0.29, 0.717) is 35.5 Å². The monoisotopic (exact) mass is 803 g/mol. The summed E-state index contributed by atoms with van der Waals surface area (Å²) in [4.78, 5) is 39.0. The van der Waals surface area contributed by atoms with E-state index in [2.05, 4.69) is 10.6 Å². The number of aliphatic hydroxyl groups excluding tert-OH is 5. The number of aliphatic hydroxyl groups is 5. The summed E-state index contributed by atoms with van der Waals surface area (Å²) in [7, 11) is -3.20. The van der Waals surface area contributed by atoms with Crippen LogP contribution in [0.4, 0.5) is 10.7 Å². The second-order valence-corrected chi connectivity index (χ2v) is 16.3. The van der Waals surface area contributed by atoms with Crippen LogP contribution in [0, 0.1) is 0 Å². The molecule has 0 fully saturated rings. The molecule has 2 amide bonds. The number of sulfonamides is 1. The van der Waals surface area contributed by atoms with Crippen LogP contribution in [0.5, 0.6) is 0 Å². The van der Waals surface area contributed by atoms with Gasteiger partial charge in [0.05, 0.1) is 29.1 Å². The van der Waals surface area contributed by atoms with Crippen LogP contribution in [0.25, 0.3) is 0 Å². The van der Waals surface area contributed by atoms with Gasteiger partial charge >= 0.3 is 29.6 Å². The molecule has 5 rings (SSSR count). The van der Waals surface area contributed by atoms with Crippen LogP contribution >= 0.6 is 11.3 Å². The van der Waals surface area contributed by atoms with Gasteiger partial charge in [0.2, 0.25) is 10.0 Å². The zero-order valence-electron chi connectivity index (χ0n) is 30.3. The van der Waals surface area contributed by atoms with Gasteiger partial charge in [0, 0.05) is 29.7 Å². The van der Waals surface area contributed by atoms with Gasteiger partial charge in [-0.1, -0.05) is 42.5 Å². The number of carboxylic acids is 1. The van der Waals surface area contributed by atoms with Crippen LogP contribution in [0.2, 0.25) is 0 Å². The average molecular weight is 804 g/mol. The Morgan fingerprint density at radius 1 is 0.818 bits per heavy atom. The van der Waals surface area contributed by atoms with Crippen LogP contribution in [-0.4, -0.2) is 101 Å². The number of carboxylic acid groups (broad SMARTS) is 1. The van der Waals surface area contributed by atoms with Gasteiger partial charge in [-0.3, -0.25) is 9.59 Å². The Morgan fingerprint density at radius 2 is 1.42 bits per heavy atom. The first-order valence-corrected chi connectivity index (χ1v) is 19.5. The van der Waals surface area contributed by atoms with E-state index in [0.717, 1.165) is 58.2 Å². The summed E-state index contributed by atoms with van der Waals surface area (Å²) in [6, 6.07) is 19.1. The summed E-state index contributed by atoms with van der Waals surface area (Å²) >= 11 is 1.30. The average Bonchev–Trinajstić information content (AvgIpc) is 3.54. The summed E-state index contributed by atoms with van der Waals surface area (Å²) in [5.74, 6) is -2.28. The van der Waals surface area contributed by atoms with Crippen molar-refractivity contribution >= 4 is 49.8 Å². The molecule has 0 radical (unpaired) electrons. The van der Waals surface area contributed by atoms with Crippen LogP contribution < -0.4 is 45.3 Å². The molecule has 0 saturated carbocycles. The fraction of sp³-hybridized carbons (Fsp3) is 0.342. The Labute approximate surface area is 344 Å². The minimum absolute atomic E-state index is 0.